The lowest BCUT2D eigenvalue weighted by molar-refractivity contribution is -0.144. The van der Waals surface area contributed by atoms with Crippen molar-refractivity contribution in [1.29, 1.82) is 0 Å². The van der Waals surface area contributed by atoms with Crippen molar-refractivity contribution in [3.05, 3.63) is 99.8 Å². The highest BCUT2D eigenvalue weighted by molar-refractivity contribution is 7.99. The lowest BCUT2D eigenvalue weighted by Gasteiger charge is -2.18. The molecular formula is C27H20F3NO3S. The highest BCUT2D eigenvalue weighted by atomic mass is 32.2. The van der Waals surface area contributed by atoms with Gasteiger partial charge in [-0.25, -0.2) is 4.79 Å². The fraction of sp³-hybridized carbons (Fsp3) is 0.185. The van der Waals surface area contributed by atoms with Gasteiger partial charge in [-0.15, -0.1) is 11.8 Å². The van der Waals surface area contributed by atoms with Crippen molar-refractivity contribution in [3.63, 3.8) is 0 Å². The molecule has 0 saturated carbocycles. The molecule has 35 heavy (non-hydrogen) atoms. The summed E-state index contributed by atoms with van der Waals surface area (Å²) < 4.78 is 45.8. The molecule has 0 N–H and O–H groups in total. The minimum atomic E-state index is -4.45. The van der Waals surface area contributed by atoms with E-state index in [1.54, 1.807) is 0 Å². The monoisotopic (exact) mass is 495 g/mol. The minimum absolute atomic E-state index is 0.313. The normalized spacial score (nSPS) is 15.3. The molecule has 1 aliphatic rings. The molecule has 4 aromatic rings. The zero-order chi connectivity index (χ0) is 24.7. The quantitative estimate of drug-likeness (QED) is 0.321. The van der Waals surface area contributed by atoms with Crippen molar-refractivity contribution in [2.75, 3.05) is 12.9 Å². The number of halogens is 3. The average molecular weight is 496 g/mol. The van der Waals surface area contributed by atoms with Crippen LogP contribution < -0.4 is 5.56 Å². The molecule has 5 rings (SSSR count). The first kappa shape index (κ1) is 23.2. The first-order valence-corrected chi connectivity index (χ1v) is 11.9. The molecular weight excluding hydrogens is 475 g/mol. The minimum Gasteiger partial charge on any atom is -0.467 e. The van der Waals surface area contributed by atoms with Crippen molar-refractivity contribution in [2.45, 2.75) is 23.7 Å². The van der Waals surface area contributed by atoms with Gasteiger partial charge in [0.2, 0.25) is 0 Å². The molecule has 0 saturated heterocycles. The van der Waals surface area contributed by atoms with Crippen LogP contribution in [-0.2, 0) is 22.1 Å². The fourth-order valence-corrected chi connectivity index (χ4v) is 5.90. The Bertz CT molecular complexity index is 1490. The lowest BCUT2D eigenvalue weighted by atomic mass is 9.93. The van der Waals surface area contributed by atoms with E-state index in [1.807, 2.05) is 42.5 Å². The Morgan fingerprint density at radius 3 is 2.46 bits per heavy atom. The van der Waals surface area contributed by atoms with E-state index in [4.69, 9.17) is 4.74 Å². The maximum absolute atomic E-state index is 13.2. The summed E-state index contributed by atoms with van der Waals surface area (Å²) in [4.78, 5) is 25.5. The second-order valence-corrected chi connectivity index (χ2v) is 9.31. The number of aromatic nitrogens is 1. The molecule has 0 amide bonds. The molecule has 1 aliphatic heterocycles. The van der Waals surface area contributed by atoms with E-state index < -0.39 is 23.8 Å². The summed E-state index contributed by atoms with van der Waals surface area (Å²) in [5.41, 5.74) is 1.80. The van der Waals surface area contributed by atoms with Gasteiger partial charge >= 0.3 is 12.1 Å². The molecule has 0 bridgehead atoms. The van der Waals surface area contributed by atoms with E-state index in [1.165, 1.54) is 41.6 Å². The molecule has 1 atom stereocenters. The van der Waals surface area contributed by atoms with Gasteiger partial charge < -0.3 is 4.74 Å². The smallest absolute Gasteiger partial charge is 0.416 e. The standard InChI is InChI=1S/C27H20F3NO3S/c1-34-26(33)22-15-35-25-24(17-9-11-20(12-10-17)27(28,29)30)19(14-23(32)31(22)25)13-18-7-4-6-16-5-2-3-8-21(16)18/h2-12,14,22H,13,15H2,1H3/t22-/m0/s1. The third-order valence-electron chi connectivity index (χ3n) is 6.21. The van der Waals surface area contributed by atoms with Crippen molar-refractivity contribution in [3.8, 4) is 11.1 Å². The number of thioether (sulfide) groups is 1. The first-order valence-electron chi connectivity index (χ1n) is 10.9. The molecule has 8 heteroatoms. The summed E-state index contributed by atoms with van der Waals surface area (Å²) in [7, 11) is 1.27. The average Bonchev–Trinajstić information content (AvgIpc) is 3.29. The van der Waals surface area contributed by atoms with Crippen LogP contribution >= 0.6 is 11.8 Å². The number of nitrogens with zero attached hydrogens (tertiary/aromatic N) is 1. The largest absolute Gasteiger partial charge is 0.467 e. The molecule has 1 aromatic heterocycles. The number of carbonyl (C=O) groups is 1. The third-order valence-corrected chi connectivity index (χ3v) is 7.37. The predicted octanol–water partition coefficient (Wildman–Crippen LogP) is 6.10. The summed E-state index contributed by atoms with van der Waals surface area (Å²) in [6, 6.07) is 19.4. The second-order valence-electron chi connectivity index (χ2n) is 8.30. The van der Waals surface area contributed by atoms with Crippen LogP contribution in [0.25, 0.3) is 21.9 Å². The van der Waals surface area contributed by atoms with Gasteiger partial charge in [0.05, 0.1) is 17.7 Å². The Hall–Kier alpha value is -3.52. The Labute approximate surface area is 203 Å². The van der Waals surface area contributed by atoms with Crippen LogP contribution in [0, 0.1) is 0 Å². The van der Waals surface area contributed by atoms with Gasteiger partial charge in [0, 0.05) is 17.4 Å². The Kier molecular flexibility index (Phi) is 5.92. The van der Waals surface area contributed by atoms with E-state index in [0.29, 0.717) is 33.9 Å². The van der Waals surface area contributed by atoms with Gasteiger partial charge in [0.1, 0.15) is 6.04 Å². The molecule has 0 fully saturated rings. The summed E-state index contributed by atoms with van der Waals surface area (Å²) >= 11 is 1.33. The topological polar surface area (TPSA) is 48.3 Å². The Morgan fingerprint density at radius 1 is 1.03 bits per heavy atom. The van der Waals surface area contributed by atoms with Crippen LogP contribution in [0.5, 0.6) is 0 Å². The summed E-state index contributed by atoms with van der Waals surface area (Å²) in [6.45, 7) is 0. The molecule has 178 valence electrons. The van der Waals surface area contributed by atoms with E-state index in [0.717, 1.165) is 28.5 Å². The van der Waals surface area contributed by atoms with Gasteiger partial charge in [-0.05, 0) is 46.0 Å². The lowest BCUT2D eigenvalue weighted by Crippen LogP contribution is -2.30. The van der Waals surface area contributed by atoms with Crippen LogP contribution in [0.1, 0.15) is 22.7 Å². The highest BCUT2D eigenvalue weighted by Gasteiger charge is 2.35. The van der Waals surface area contributed by atoms with E-state index >= 15 is 0 Å². The number of hydrogen-bond donors (Lipinski definition) is 0. The number of carbonyl (C=O) groups excluding carboxylic acids is 1. The predicted molar refractivity (Wildman–Crippen MR) is 130 cm³/mol. The van der Waals surface area contributed by atoms with Crippen LogP contribution in [0.15, 0.2) is 82.6 Å². The number of methoxy groups -OCH3 is 1. The van der Waals surface area contributed by atoms with Crippen molar-refractivity contribution in [1.82, 2.24) is 4.57 Å². The number of alkyl halides is 3. The maximum atomic E-state index is 13.2. The summed E-state index contributed by atoms with van der Waals surface area (Å²) in [5, 5.41) is 2.65. The van der Waals surface area contributed by atoms with Crippen LogP contribution in [0.2, 0.25) is 0 Å². The third kappa shape index (κ3) is 4.23. The van der Waals surface area contributed by atoms with Gasteiger partial charge in [-0.2, -0.15) is 13.2 Å². The number of ether oxygens (including phenoxy) is 1. The number of hydrogen-bond acceptors (Lipinski definition) is 4. The molecule has 0 radical (unpaired) electrons. The number of benzene rings is 3. The number of esters is 1. The van der Waals surface area contributed by atoms with E-state index in [2.05, 4.69) is 0 Å². The van der Waals surface area contributed by atoms with Gasteiger partial charge in [0.15, 0.2) is 0 Å². The molecule has 0 unspecified atom stereocenters. The van der Waals surface area contributed by atoms with Gasteiger partial charge in [-0.3, -0.25) is 9.36 Å². The zero-order valence-electron chi connectivity index (χ0n) is 18.6. The molecule has 4 nitrogen and oxygen atoms in total. The van der Waals surface area contributed by atoms with E-state index in [-0.39, 0.29) is 5.56 Å². The highest BCUT2D eigenvalue weighted by Crippen LogP contribution is 2.42. The van der Waals surface area contributed by atoms with Crippen LogP contribution in [0.4, 0.5) is 13.2 Å². The fourth-order valence-electron chi connectivity index (χ4n) is 4.55. The zero-order valence-corrected chi connectivity index (χ0v) is 19.5. The molecule has 0 spiro atoms. The van der Waals surface area contributed by atoms with Gasteiger partial charge in [-0.1, -0.05) is 54.6 Å². The summed E-state index contributed by atoms with van der Waals surface area (Å²) in [6.07, 6.45) is -4.05. The number of rotatable bonds is 4. The van der Waals surface area contributed by atoms with Crippen molar-refractivity contribution < 1.29 is 22.7 Å². The van der Waals surface area contributed by atoms with Crippen LogP contribution in [0.3, 0.4) is 0 Å². The van der Waals surface area contributed by atoms with Crippen molar-refractivity contribution >= 4 is 28.5 Å². The molecule has 2 heterocycles. The Balaban J connectivity index is 1.71. The maximum Gasteiger partial charge on any atom is 0.416 e. The van der Waals surface area contributed by atoms with E-state index in [9.17, 15) is 22.8 Å². The number of pyridine rings is 1. The van der Waals surface area contributed by atoms with Crippen LogP contribution in [-0.4, -0.2) is 23.4 Å². The molecule has 3 aromatic carbocycles. The number of fused-ring (bicyclic) bond motifs is 2. The molecule has 0 aliphatic carbocycles. The SMILES string of the molecule is COC(=O)[C@@H]1CSc2c(-c3ccc(C(F)(F)F)cc3)c(Cc3cccc4ccccc34)cc(=O)n21. The van der Waals surface area contributed by atoms with Crippen molar-refractivity contribution in [2.24, 2.45) is 0 Å². The summed E-state index contributed by atoms with van der Waals surface area (Å²) in [5.74, 6) is -0.216. The Morgan fingerprint density at radius 2 is 1.74 bits per heavy atom. The van der Waals surface area contributed by atoms with Gasteiger partial charge in [0.25, 0.3) is 5.56 Å². The second kappa shape index (κ2) is 8.92. The first-order chi connectivity index (χ1) is 16.8.